The molecule has 1 aromatic carbocycles. The fraction of sp³-hybridized carbons (Fsp3) is 0.474. The quantitative estimate of drug-likeness (QED) is 0.767. The van der Waals surface area contributed by atoms with E-state index in [9.17, 15) is 9.50 Å². The molecule has 1 unspecified atom stereocenters. The van der Waals surface area contributed by atoms with Gasteiger partial charge in [-0.05, 0) is 25.1 Å². The number of aliphatic hydroxyl groups excluding tert-OH is 1. The molecule has 2 N–H and O–H groups in total. The van der Waals surface area contributed by atoms with E-state index in [1.54, 1.807) is 6.07 Å². The Morgan fingerprint density at radius 3 is 2.48 bits per heavy atom. The summed E-state index contributed by atoms with van der Waals surface area (Å²) in [5, 5.41) is 9.73. The molecule has 0 aliphatic rings. The van der Waals surface area contributed by atoms with E-state index in [0.29, 0.717) is 18.0 Å². The molecule has 23 heavy (non-hydrogen) atoms. The highest BCUT2D eigenvalue weighted by Gasteiger charge is 2.16. The molecule has 126 valence electrons. The van der Waals surface area contributed by atoms with E-state index < -0.39 is 0 Å². The molecule has 0 bridgehead atoms. The predicted octanol–water partition coefficient (Wildman–Crippen LogP) is 2.10. The van der Waals surface area contributed by atoms with Crippen molar-refractivity contribution in [1.82, 2.24) is 4.57 Å². The lowest BCUT2D eigenvalue weighted by Gasteiger charge is -2.23. The van der Waals surface area contributed by atoms with E-state index in [1.165, 1.54) is 16.7 Å². The summed E-state index contributed by atoms with van der Waals surface area (Å²) in [6, 6.07) is 11.0. The van der Waals surface area contributed by atoms with Crippen LogP contribution in [-0.2, 0) is 13.1 Å². The third-order valence-electron chi connectivity index (χ3n) is 3.93. The third-order valence-corrected chi connectivity index (χ3v) is 3.93. The van der Waals surface area contributed by atoms with Crippen LogP contribution >= 0.6 is 0 Å². The zero-order valence-electron chi connectivity index (χ0n) is 14.3. The summed E-state index contributed by atoms with van der Waals surface area (Å²) in [7, 11) is 0. The number of benzene rings is 1. The summed E-state index contributed by atoms with van der Waals surface area (Å²) in [4.78, 5) is 1.35. The minimum atomic E-state index is -0.321. The van der Waals surface area contributed by atoms with E-state index >= 15 is 0 Å². The van der Waals surface area contributed by atoms with Crippen molar-refractivity contribution in [2.75, 3.05) is 13.1 Å². The van der Waals surface area contributed by atoms with Gasteiger partial charge >= 0.3 is 0 Å². The molecule has 4 heteroatoms. The van der Waals surface area contributed by atoms with Gasteiger partial charge in [0.15, 0.2) is 0 Å². The van der Waals surface area contributed by atoms with Gasteiger partial charge in [-0.2, -0.15) is 0 Å². The van der Waals surface area contributed by atoms with Crippen molar-refractivity contribution in [3.05, 3.63) is 59.7 Å². The molecule has 1 heterocycles. The molecule has 0 spiro atoms. The molecule has 1 aromatic heterocycles. The van der Waals surface area contributed by atoms with Crippen molar-refractivity contribution in [2.24, 2.45) is 5.92 Å². The molecule has 2 aromatic rings. The van der Waals surface area contributed by atoms with Crippen molar-refractivity contribution in [3.63, 3.8) is 0 Å². The summed E-state index contributed by atoms with van der Waals surface area (Å²) >= 11 is 0. The fourth-order valence-electron chi connectivity index (χ4n) is 3.05. The summed E-state index contributed by atoms with van der Waals surface area (Å²) in [5.41, 5.74) is 1.87. The Bertz CT molecular complexity index is 597. The molecule has 0 amide bonds. The van der Waals surface area contributed by atoms with Crippen LogP contribution < -0.4 is 4.90 Å². The highest BCUT2D eigenvalue weighted by Crippen LogP contribution is 2.11. The maximum atomic E-state index is 13.9. The summed E-state index contributed by atoms with van der Waals surface area (Å²) in [6.45, 7) is 9.33. The van der Waals surface area contributed by atoms with Crippen LogP contribution in [0.25, 0.3) is 0 Å². The Labute approximate surface area is 138 Å². The average Bonchev–Trinajstić information content (AvgIpc) is 2.87. The molecule has 0 aliphatic carbocycles. The van der Waals surface area contributed by atoms with Gasteiger partial charge in [-0.15, -0.1) is 0 Å². The van der Waals surface area contributed by atoms with Gasteiger partial charge in [0.1, 0.15) is 25.0 Å². The van der Waals surface area contributed by atoms with Crippen LogP contribution in [0.2, 0.25) is 0 Å². The van der Waals surface area contributed by atoms with Crippen molar-refractivity contribution in [3.8, 4) is 0 Å². The van der Waals surface area contributed by atoms with Gasteiger partial charge < -0.3 is 14.6 Å². The maximum absolute atomic E-state index is 13.9. The SMILES string of the molecule is CC(C)C[NH+](Cc1cccn1Cc1ccccc1F)C[C@H](C)O. The van der Waals surface area contributed by atoms with E-state index in [2.05, 4.69) is 24.5 Å². The van der Waals surface area contributed by atoms with Gasteiger partial charge in [0.25, 0.3) is 0 Å². The number of quaternary nitrogens is 1. The lowest BCUT2D eigenvalue weighted by Crippen LogP contribution is -3.12. The first kappa shape index (κ1) is 17.7. The number of hydrogen-bond acceptors (Lipinski definition) is 1. The highest BCUT2D eigenvalue weighted by atomic mass is 19.1. The largest absolute Gasteiger partial charge is 0.388 e. The number of aliphatic hydroxyl groups is 1. The van der Waals surface area contributed by atoms with Crippen LogP contribution in [0, 0.1) is 11.7 Å². The Morgan fingerprint density at radius 2 is 1.83 bits per heavy atom. The first-order valence-corrected chi connectivity index (χ1v) is 8.34. The van der Waals surface area contributed by atoms with Crippen molar-refractivity contribution < 1.29 is 14.4 Å². The molecule has 3 nitrogen and oxygen atoms in total. The van der Waals surface area contributed by atoms with Gasteiger partial charge in [0.2, 0.25) is 0 Å². The van der Waals surface area contributed by atoms with E-state index in [-0.39, 0.29) is 11.9 Å². The summed E-state index contributed by atoms with van der Waals surface area (Å²) in [6.07, 6.45) is 1.68. The maximum Gasteiger partial charge on any atom is 0.128 e. The van der Waals surface area contributed by atoms with Gasteiger partial charge in [-0.25, -0.2) is 4.39 Å². The second-order valence-electron chi connectivity index (χ2n) is 6.80. The standard InChI is InChI=1S/C19H27FN2O/c1-15(2)11-21(12-16(3)23)14-18-8-6-10-22(18)13-17-7-4-5-9-19(17)20/h4-10,15-16,23H,11-14H2,1-3H3/p+1/t16-/m0/s1. The highest BCUT2D eigenvalue weighted by molar-refractivity contribution is 5.19. The minimum Gasteiger partial charge on any atom is -0.388 e. The summed E-state index contributed by atoms with van der Waals surface area (Å²) in [5.74, 6) is 0.404. The number of nitrogens with zero attached hydrogens (tertiary/aromatic N) is 1. The lowest BCUT2D eigenvalue weighted by molar-refractivity contribution is -0.920. The first-order valence-electron chi connectivity index (χ1n) is 8.34. The van der Waals surface area contributed by atoms with E-state index in [0.717, 1.165) is 19.6 Å². The lowest BCUT2D eigenvalue weighted by atomic mass is 10.2. The number of nitrogens with one attached hydrogen (secondary N) is 1. The van der Waals surface area contributed by atoms with Crippen LogP contribution in [0.15, 0.2) is 42.6 Å². The molecule has 0 saturated heterocycles. The zero-order chi connectivity index (χ0) is 16.8. The molecular formula is C19H28FN2O+. The first-order chi connectivity index (χ1) is 11.0. The van der Waals surface area contributed by atoms with Crippen LogP contribution in [0.3, 0.4) is 0 Å². The monoisotopic (exact) mass is 319 g/mol. The average molecular weight is 319 g/mol. The molecule has 2 atom stereocenters. The van der Waals surface area contributed by atoms with Crippen LogP contribution in [0.1, 0.15) is 32.0 Å². The molecule has 0 radical (unpaired) electrons. The Kier molecular flexibility index (Phi) is 6.37. The third kappa shape index (κ3) is 5.48. The van der Waals surface area contributed by atoms with Crippen molar-refractivity contribution >= 4 is 0 Å². The second kappa shape index (κ2) is 8.27. The van der Waals surface area contributed by atoms with Crippen molar-refractivity contribution in [1.29, 1.82) is 0 Å². The normalized spacial score (nSPS) is 14.2. The van der Waals surface area contributed by atoms with Gasteiger partial charge in [-0.1, -0.05) is 32.0 Å². The van der Waals surface area contributed by atoms with Gasteiger partial charge in [-0.3, -0.25) is 0 Å². The van der Waals surface area contributed by atoms with Gasteiger partial charge in [0.05, 0.1) is 18.8 Å². The van der Waals surface area contributed by atoms with E-state index in [4.69, 9.17) is 0 Å². The fourth-order valence-corrected chi connectivity index (χ4v) is 3.05. The smallest absolute Gasteiger partial charge is 0.128 e. The molecular weight excluding hydrogens is 291 g/mol. The number of rotatable bonds is 8. The predicted molar refractivity (Wildman–Crippen MR) is 90.9 cm³/mol. The molecule has 2 rings (SSSR count). The Balaban J connectivity index is 2.11. The number of aromatic nitrogens is 1. The second-order valence-corrected chi connectivity index (χ2v) is 6.80. The van der Waals surface area contributed by atoms with E-state index in [1.807, 2.05) is 31.3 Å². The Hall–Kier alpha value is -1.65. The van der Waals surface area contributed by atoms with Crippen molar-refractivity contribution in [2.45, 2.75) is 40.0 Å². The molecule has 0 aliphatic heterocycles. The topological polar surface area (TPSA) is 29.6 Å². The Morgan fingerprint density at radius 1 is 1.09 bits per heavy atom. The zero-order valence-corrected chi connectivity index (χ0v) is 14.3. The van der Waals surface area contributed by atoms with Crippen LogP contribution in [0.5, 0.6) is 0 Å². The number of halogens is 1. The number of hydrogen-bond donors (Lipinski definition) is 2. The van der Waals surface area contributed by atoms with Crippen LogP contribution in [0.4, 0.5) is 4.39 Å². The molecule has 0 fully saturated rings. The minimum absolute atomic E-state index is 0.164. The summed E-state index contributed by atoms with van der Waals surface area (Å²) < 4.78 is 16.0. The van der Waals surface area contributed by atoms with Crippen LogP contribution in [-0.4, -0.2) is 28.9 Å². The van der Waals surface area contributed by atoms with Gasteiger partial charge in [0, 0.05) is 17.7 Å². The molecule has 0 saturated carbocycles.